The van der Waals surface area contributed by atoms with E-state index >= 15 is 0 Å². The van der Waals surface area contributed by atoms with Gasteiger partial charge in [0.2, 0.25) is 5.89 Å². The van der Waals surface area contributed by atoms with Crippen LogP contribution in [0, 0.1) is 19.8 Å². The molecule has 3 aromatic rings. The average molecular weight is 425 g/mol. The summed E-state index contributed by atoms with van der Waals surface area (Å²) in [4.78, 5) is 9.15. The normalized spacial score (nSPS) is 12.4. The standard InChI is InChI=1S/C25H32N2O4/c1-6-18-10-20(8-16(4)24(18)30-14-22(29)13-28)25-26-12-23(31-25)19-9-17(5)27-21(11-19)7-15(2)3/h8-12,15,22,28-29H,6-7,13-14H2,1-5H3/t22-/m0/s1. The molecule has 2 N–H and O–H groups in total. The topological polar surface area (TPSA) is 88.6 Å². The minimum atomic E-state index is -0.900. The van der Waals surface area contributed by atoms with Crippen LogP contribution in [0.1, 0.15) is 43.3 Å². The predicted octanol–water partition coefficient (Wildman–Crippen LogP) is 4.51. The Balaban J connectivity index is 1.90. The highest BCUT2D eigenvalue weighted by atomic mass is 16.5. The maximum absolute atomic E-state index is 9.60. The maximum atomic E-state index is 9.60. The SMILES string of the molecule is CCc1cc(-c2ncc(-c3cc(C)nc(CC(C)C)c3)o2)cc(C)c1OC[C@@H](O)CO. The average Bonchev–Trinajstić information content (AvgIpc) is 3.21. The van der Waals surface area contributed by atoms with Gasteiger partial charge in [0.1, 0.15) is 18.5 Å². The molecule has 0 aliphatic rings. The van der Waals surface area contributed by atoms with Crippen molar-refractivity contribution in [3.8, 4) is 28.5 Å². The van der Waals surface area contributed by atoms with E-state index in [0.717, 1.165) is 52.2 Å². The van der Waals surface area contributed by atoms with Crippen molar-refractivity contribution in [2.75, 3.05) is 13.2 Å². The molecule has 6 nitrogen and oxygen atoms in total. The third kappa shape index (κ3) is 5.71. The highest BCUT2D eigenvalue weighted by molar-refractivity contribution is 5.64. The summed E-state index contributed by atoms with van der Waals surface area (Å²) in [6.45, 7) is 10.1. The summed E-state index contributed by atoms with van der Waals surface area (Å²) in [6.07, 6.45) is 2.53. The van der Waals surface area contributed by atoms with Gasteiger partial charge in [0.15, 0.2) is 5.76 Å². The molecular weight excluding hydrogens is 392 g/mol. The molecule has 2 aromatic heterocycles. The molecule has 0 saturated heterocycles. The van der Waals surface area contributed by atoms with Gasteiger partial charge >= 0.3 is 0 Å². The fourth-order valence-corrected chi connectivity index (χ4v) is 3.62. The summed E-state index contributed by atoms with van der Waals surface area (Å²) in [5, 5.41) is 18.6. The van der Waals surface area contributed by atoms with E-state index in [-0.39, 0.29) is 13.2 Å². The summed E-state index contributed by atoms with van der Waals surface area (Å²) < 4.78 is 11.9. The summed E-state index contributed by atoms with van der Waals surface area (Å²) in [6, 6.07) is 8.06. The van der Waals surface area contributed by atoms with Crippen molar-refractivity contribution in [2.24, 2.45) is 5.92 Å². The first kappa shape index (κ1) is 23.0. The molecule has 0 aliphatic heterocycles. The molecule has 0 unspecified atom stereocenters. The minimum Gasteiger partial charge on any atom is -0.490 e. The quantitative estimate of drug-likeness (QED) is 0.525. The fraction of sp³-hybridized carbons (Fsp3) is 0.440. The van der Waals surface area contributed by atoms with Crippen molar-refractivity contribution >= 4 is 0 Å². The zero-order valence-corrected chi connectivity index (χ0v) is 19.0. The minimum absolute atomic E-state index is 0.0486. The van der Waals surface area contributed by atoms with E-state index in [2.05, 4.69) is 29.9 Å². The second-order valence-electron chi connectivity index (χ2n) is 8.40. The molecule has 0 radical (unpaired) electrons. The Kier molecular flexibility index (Phi) is 7.46. The van der Waals surface area contributed by atoms with Gasteiger partial charge in [0.05, 0.1) is 12.8 Å². The van der Waals surface area contributed by atoms with E-state index in [1.54, 1.807) is 6.20 Å². The number of benzene rings is 1. The Bertz CT molecular complexity index is 1030. The smallest absolute Gasteiger partial charge is 0.226 e. The molecule has 0 bridgehead atoms. The third-order valence-corrected chi connectivity index (χ3v) is 5.02. The van der Waals surface area contributed by atoms with Crippen LogP contribution >= 0.6 is 0 Å². The Morgan fingerprint density at radius 2 is 1.87 bits per heavy atom. The molecule has 6 heteroatoms. The van der Waals surface area contributed by atoms with Crippen molar-refractivity contribution in [2.45, 2.75) is 53.6 Å². The number of hydrogen-bond acceptors (Lipinski definition) is 6. The Morgan fingerprint density at radius 3 is 2.55 bits per heavy atom. The molecule has 3 rings (SSSR count). The molecule has 1 atom stereocenters. The van der Waals surface area contributed by atoms with E-state index < -0.39 is 6.10 Å². The number of aliphatic hydroxyl groups is 2. The maximum Gasteiger partial charge on any atom is 0.226 e. The number of hydrogen-bond donors (Lipinski definition) is 2. The highest BCUT2D eigenvalue weighted by Gasteiger charge is 2.16. The van der Waals surface area contributed by atoms with E-state index in [9.17, 15) is 5.11 Å². The van der Waals surface area contributed by atoms with Crippen LogP contribution in [0.4, 0.5) is 0 Å². The van der Waals surface area contributed by atoms with Gasteiger partial charge in [-0.3, -0.25) is 4.98 Å². The molecule has 31 heavy (non-hydrogen) atoms. The summed E-state index contributed by atoms with van der Waals surface area (Å²) in [7, 11) is 0. The number of aliphatic hydroxyl groups excluding tert-OH is 2. The lowest BCUT2D eigenvalue weighted by atomic mass is 10.0. The van der Waals surface area contributed by atoms with Crippen molar-refractivity contribution in [3.05, 3.63) is 53.0 Å². The summed E-state index contributed by atoms with van der Waals surface area (Å²) in [5.41, 5.74) is 5.80. The van der Waals surface area contributed by atoms with Crippen molar-refractivity contribution in [3.63, 3.8) is 0 Å². The van der Waals surface area contributed by atoms with Gasteiger partial charge in [-0.05, 0) is 68.0 Å². The lowest BCUT2D eigenvalue weighted by molar-refractivity contribution is 0.0531. The molecule has 0 spiro atoms. The van der Waals surface area contributed by atoms with Gasteiger partial charge in [-0.15, -0.1) is 0 Å². The molecule has 0 fully saturated rings. The van der Waals surface area contributed by atoms with Crippen LogP contribution in [0.15, 0.2) is 34.9 Å². The van der Waals surface area contributed by atoms with E-state index in [1.165, 1.54) is 0 Å². The van der Waals surface area contributed by atoms with Gasteiger partial charge < -0.3 is 19.4 Å². The number of aryl methyl sites for hydroxylation is 3. The lowest BCUT2D eigenvalue weighted by Gasteiger charge is -2.16. The van der Waals surface area contributed by atoms with Crippen LogP contribution < -0.4 is 4.74 Å². The van der Waals surface area contributed by atoms with Crippen LogP contribution in [-0.2, 0) is 12.8 Å². The zero-order chi connectivity index (χ0) is 22.5. The van der Waals surface area contributed by atoms with Crippen LogP contribution in [0.25, 0.3) is 22.8 Å². The van der Waals surface area contributed by atoms with Crippen molar-refractivity contribution in [1.82, 2.24) is 9.97 Å². The number of nitrogens with zero attached hydrogens (tertiary/aromatic N) is 2. The van der Waals surface area contributed by atoms with Crippen LogP contribution in [-0.4, -0.2) is 39.5 Å². The molecule has 166 valence electrons. The van der Waals surface area contributed by atoms with E-state index in [4.69, 9.17) is 14.3 Å². The van der Waals surface area contributed by atoms with Crippen molar-refractivity contribution < 1.29 is 19.4 Å². The zero-order valence-electron chi connectivity index (χ0n) is 19.0. The van der Waals surface area contributed by atoms with Gasteiger partial charge in [-0.1, -0.05) is 20.8 Å². The number of pyridine rings is 1. The van der Waals surface area contributed by atoms with E-state index in [0.29, 0.717) is 17.6 Å². The number of ether oxygens (including phenoxy) is 1. The van der Waals surface area contributed by atoms with Gasteiger partial charge in [-0.2, -0.15) is 0 Å². The van der Waals surface area contributed by atoms with Crippen LogP contribution in [0.2, 0.25) is 0 Å². The van der Waals surface area contributed by atoms with Crippen LogP contribution in [0.3, 0.4) is 0 Å². The molecule has 1 aromatic carbocycles. The molecule has 0 saturated carbocycles. The monoisotopic (exact) mass is 424 g/mol. The lowest BCUT2D eigenvalue weighted by Crippen LogP contribution is -2.22. The number of aromatic nitrogens is 2. The van der Waals surface area contributed by atoms with Gasteiger partial charge in [0, 0.05) is 22.5 Å². The Morgan fingerprint density at radius 1 is 1.10 bits per heavy atom. The van der Waals surface area contributed by atoms with Gasteiger partial charge in [0.25, 0.3) is 0 Å². The largest absolute Gasteiger partial charge is 0.490 e. The Labute approximate surface area is 183 Å². The highest BCUT2D eigenvalue weighted by Crippen LogP contribution is 2.33. The first-order valence-corrected chi connectivity index (χ1v) is 10.8. The molecule has 0 amide bonds. The molecular formula is C25H32N2O4. The number of rotatable bonds is 9. The number of oxazole rings is 1. The van der Waals surface area contributed by atoms with E-state index in [1.807, 2.05) is 39.0 Å². The summed E-state index contributed by atoms with van der Waals surface area (Å²) in [5.74, 6) is 2.53. The first-order valence-electron chi connectivity index (χ1n) is 10.8. The van der Waals surface area contributed by atoms with Crippen molar-refractivity contribution in [1.29, 1.82) is 0 Å². The first-order chi connectivity index (χ1) is 14.8. The molecule has 2 heterocycles. The second kappa shape index (κ2) is 10.1. The third-order valence-electron chi connectivity index (χ3n) is 5.02. The van der Waals surface area contributed by atoms with Gasteiger partial charge in [-0.25, -0.2) is 4.98 Å². The fourth-order valence-electron chi connectivity index (χ4n) is 3.62. The molecule has 0 aliphatic carbocycles. The second-order valence-corrected chi connectivity index (χ2v) is 8.40. The van der Waals surface area contributed by atoms with Crippen LogP contribution in [0.5, 0.6) is 5.75 Å². The predicted molar refractivity (Wildman–Crippen MR) is 121 cm³/mol. The Hall–Kier alpha value is -2.70. The summed E-state index contributed by atoms with van der Waals surface area (Å²) >= 11 is 0.